The monoisotopic (exact) mass is 416 g/mol. The van der Waals surface area contributed by atoms with Gasteiger partial charge in [-0.3, -0.25) is 9.69 Å². The fourth-order valence-electron chi connectivity index (χ4n) is 3.77. The zero-order valence-electron chi connectivity index (χ0n) is 15.9. The first-order chi connectivity index (χ1) is 14.0. The molecule has 6 nitrogen and oxygen atoms in total. The molecule has 2 aromatic rings. The predicted octanol–water partition coefficient (Wildman–Crippen LogP) is 3.07. The standard InChI is InChI=1S/C21H22ClFN4O2/c22-16-4-3-5-17(14-16)24-8-10-25(11-9-24)20(28)15-26-12-13-27(21(26)29)19-7-2-1-6-18(19)23/h1-7,14H,8-13,15H2. The van der Waals surface area contributed by atoms with E-state index in [-0.39, 0.29) is 24.2 Å². The summed E-state index contributed by atoms with van der Waals surface area (Å²) < 4.78 is 14.0. The molecular formula is C21H22ClFN4O2. The molecule has 0 atom stereocenters. The van der Waals surface area contributed by atoms with Crippen molar-refractivity contribution >= 4 is 34.9 Å². The smallest absolute Gasteiger partial charge is 0.325 e. The molecule has 29 heavy (non-hydrogen) atoms. The second-order valence-electron chi connectivity index (χ2n) is 7.15. The number of anilines is 2. The summed E-state index contributed by atoms with van der Waals surface area (Å²) in [6.45, 7) is 3.38. The summed E-state index contributed by atoms with van der Waals surface area (Å²) in [7, 11) is 0. The highest BCUT2D eigenvalue weighted by Crippen LogP contribution is 2.24. The third-order valence-corrected chi connectivity index (χ3v) is 5.61. The van der Waals surface area contributed by atoms with Crippen molar-refractivity contribution in [3.63, 3.8) is 0 Å². The number of nitrogens with zero attached hydrogens (tertiary/aromatic N) is 4. The number of amides is 3. The Morgan fingerprint density at radius 2 is 1.72 bits per heavy atom. The van der Waals surface area contributed by atoms with Gasteiger partial charge in [0.25, 0.3) is 0 Å². The Morgan fingerprint density at radius 1 is 0.966 bits per heavy atom. The molecule has 0 N–H and O–H groups in total. The average Bonchev–Trinajstić information content (AvgIpc) is 3.08. The molecule has 152 valence electrons. The molecule has 3 amide bonds. The van der Waals surface area contributed by atoms with E-state index in [9.17, 15) is 14.0 Å². The van der Waals surface area contributed by atoms with Crippen molar-refractivity contribution < 1.29 is 14.0 Å². The highest BCUT2D eigenvalue weighted by atomic mass is 35.5. The van der Waals surface area contributed by atoms with E-state index in [4.69, 9.17) is 11.6 Å². The second-order valence-corrected chi connectivity index (χ2v) is 7.59. The van der Waals surface area contributed by atoms with Crippen LogP contribution < -0.4 is 9.80 Å². The fraction of sp³-hybridized carbons (Fsp3) is 0.333. The van der Waals surface area contributed by atoms with Crippen molar-refractivity contribution in [3.05, 3.63) is 59.4 Å². The van der Waals surface area contributed by atoms with Gasteiger partial charge in [0.05, 0.1) is 5.69 Å². The first-order valence-electron chi connectivity index (χ1n) is 9.62. The van der Waals surface area contributed by atoms with E-state index in [0.29, 0.717) is 44.3 Å². The normalized spacial score (nSPS) is 17.2. The SMILES string of the molecule is O=C(CN1CCN(c2ccccc2F)C1=O)N1CCN(c2cccc(Cl)c2)CC1. The van der Waals surface area contributed by atoms with Gasteiger partial charge in [0.2, 0.25) is 5.91 Å². The molecule has 2 heterocycles. The summed E-state index contributed by atoms with van der Waals surface area (Å²) >= 11 is 6.06. The molecule has 0 saturated carbocycles. The molecule has 2 aliphatic heterocycles. The molecule has 0 bridgehead atoms. The van der Waals surface area contributed by atoms with E-state index >= 15 is 0 Å². The molecular weight excluding hydrogens is 395 g/mol. The molecule has 2 saturated heterocycles. The van der Waals surface area contributed by atoms with Crippen LogP contribution in [0.5, 0.6) is 0 Å². The predicted molar refractivity (Wildman–Crippen MR) is 111 cm³/mol. The number of benzene rings is 2. The van der Waals surface area contributed by atoms with Crippen LogP contribution >= 0.6 is 11.6 Å². The largest absolute Gasteiger partial charge is 0.368 e. The average molecular weight is 417 g/mol. The van der Waals surface area contributed by atoms with Gasteiger partial charge in [-0.2, -0.15) is 0 Å². The van der Waals surface area contributed by atoms with Crippen LogP contribution in [-0.2, 0) is 4.79 Å². The van der Waals surface area contributed by atoms with Gasteiger partial charge in [-0.25, -0.2) is 9.18 Å². The molecule has 0 aliphatic carbocycles. The van der Waals surface area contributed by atoms with Gasteiger partial charge in [-0.05, 0) is 30.3 Å². The number of piperazine rings is 1. The Bertz CT molecular complexity index is 917. The van der Waals surface area contributed by atoms with Gasteiger partial charge in [0.15, 0.2) is 0 Å². The molecule has 8 heteroatoms. The minimum Gasteiger partial charge on any atom is -0.368 e. The minimum atomic E-state index is -0.439. The fourth-order valence-corrected chi connectivity index (χ4v) is 3.96. The Balaban J connectivity index is 1.32. The lowest BCUT2D eigenvalue weighted by atomic mass is 10.2. The minimum absolute atomic E-state index is 0.0148. The maximum Gasteiger partial charge on any atom is 0.325 e. The van der Waals surface area contributed by atoms with E-state index in [2.05, 4.69) is 4.90 Å². The Kier molecular flexibility index (Phi) is 5.58. The summed E-state index contributed by atoms with van der Waals surface area (Å²) in [6.07, 6.45) is 0. The first-order valence-corrected chi connectivity index (χ1v) is 10.00. The van der Waals surface area contributed by atoms with Crippen molar-refractivity contribution in [1.29, 1.82) is 0 Å². The summed E-state index contributed by atoms with van der Waals surface area (Å²) in [4.78, 5) is 32.2. The highest BCUT2D eigenvalue weighted by Gasteiger charge is 2.33. The topological polar surface area (TPSA) is 47.1 Å². The van der Waals surface area contributed by atoms with Gasteiger partial charge in [0, 0.05) is 50.0 Å². The second kappa shape index (κ2) is 8.29. The van der Waals surface area contributed by atoms with Gasteiger partial charge in [-0.1, -0.05) is 29.8 Å². The quantitative estimate of drug-likeness (QED) is 0.769. The maximum atomic E-state index is 14.0. The van der Waals surface area contributed by atoms with Gasteiger partial charge in [0.1, 0.15) is 12.4 Å². The number of para-hydroxylation sites is 1. The lowest BCUT2D eigenvalue weighted by Crippen LogP contribution is -2.51. The number of halogens is 2. The third-order valence-electron chi connectivity index (χ3n) is 5.37. The highest BCUT2D eigenvalue weighted by molar-refractivity contribution is 6.30. The number of carbonyl (C=O) groups excluding carboxylic acids is 2. The van der Waals surface area contributed by atoms with Crippen LogP contribution in [0.4, 0.5) is 20.6 Å². The molecule has 2 aromatic carbocycles. The Labute approximate surface area is 174 Å². The summed E-state index contributed by atoms with van der Waals surface area (Å²) in [5.74, 6) is -0.523. The van der Waals surface area contributed by atoms with Crippen molar-refractivity contribution in [2.24, 2.45) is 0 Å². The summed E-state index contributed by atoms with van der Waals surface area (Å²) in [5, 5.41) is 0.688. The third kappa shape index (κ3) is 4.15. The molecule has 0 unspecified atom stereocenters. The van der Waals surface area contributed by atoms with Crippen LogP contribution in [0.15, 0.2) is 48.5 Å². The molecule has 4 rings (SSSR count). The summed E-state index contributed by atoms with van der Waals surface area (Å²) in [5.41, 5.74) is 1.29. The van der Waals surface area contributed by atoms with Crippen LogP contribution in [-0.4, -0.2) is 67.6 Å². The van der Waals surface area contributed by atoms with Gasteiger partial charge in [-0.15, -0.1) is 0 Å². The number of carbonyl (C=O) groups is 2. The number of urea groups is 1. The lowest BCUT2D eigenvalue weighted by Gasteiger charge is -2.36. The van der Waals surface area contributed by atoms with E-state index in [1.165, 1.54) is 15.9 Å². The van der Waals surface area contributed by atoms with Crippen molar-refractivity contribution in [2.45, 2.75) is 0 Å². The summed E-state index contributed by atoms with van der Waals surface area (Å²) in [6, 6.07) is 13.5. The molecule has 0 aromatic heterocycles. The Hall–Kier alpha value is -2.80. The van der Waals surface area contributed by atoms with Gasteiger partial charge >= 0.3 is 6.03 Å². The zero-order valence-corrected chi connectivity index (χ0v) is 16.7. The van der Waals surface area contributed by atoms with E-state index in [1.807, 2.05) is 24.3 Å². The van der Waals surface area contributed by atoms with Crippen LogP contribution in [0.2, 0.25) is 5.02 Å². The number of rotatable bonds is 4. The number of hydrogen-bond acceptors (Lipinski definition) is 3. The zero-order chi connectivity index (χ0) is 20.4. The van der Waals surface area contributed by atoms with Crippen molar-refractivity contribution in [3.8, 4) is 0 Å². The number of hydrogen-bond donors (Lipinski definition) is 0. The van der Waals surface area contributed by atoms with Crippen molar-refractivity contribution in [2.75, 3.05) is 55.6 Å². The molecule has 0 spiro atoms. The van der Waals surface area contributed by atoms with Crippen LogP contribution in [0, 0.1) is 5.82 Å². The van der Waals surface area contributed by atoms with Crippen LogP contribution in [0.25, 0.3) is 0 Å². The van der Waals surface area contributed by atoms with Crippen LogP contribution in [0.3, 0.4) is 0 Å². The van der Waals surface area contributed by atoms with E-state index in [1.54, 1.807) is 23.1 Å². The van der Waals surface area contributed by atoms with Crippen LogP contribution in [0.1, 0.15) is 0 Å². The first kappa shape index (κ1) is 19.5. The Morgan fingerprint density at radius 3 is 2.45 bits per heavy atom. The van der Waals surface area contributed by atoms with E-state index in [0.717, 1.165) is 5.69 Å². The molecule has 0 radical (unpaired) electrons. The maximum absolute atomic E-state index is 14.0. The van der Waals surface area contributed by atoms with Gasteiger partial charge < -0.3 is 14.7 Å². The lowest BCUT2D eigenvalue weighted by molar-refractivity contribution is -0.131. The molecule has 2 fully saturated rings. The molecule has 2 aliphatic rings. The van der Waals surface area contributed by atoms with Crippen molar-refractivity contribution in [1.82, 2.24) is 9.80 Å². The van der Waals surface area contributed by atoms with E-state index < -0.39 is 5.82 Å².